The number of halogens is 1. The van der Waals surface area contributed by atoms with E-state index in [4.69, 9.17) is 4.74 Å². The number of rotatable bonds is 4. The maximum atomic E-state index is 14.2. The lowest BCUT2D eigenvalue weighted by Crippen LogP contribution is -2.48. The Morgan fingerprint density at radius 2 is 2.21 bits per heavy atom. The zero-order chi connectivity index (χ0) is 13.9. The zero-order valence-corrected chi connectivity index (χ0v) is 12.0. The van der Waals surface area contributed by atoms with Gasteiger partial charge in [-0.2, -0.15) is 0 Å². The molecule has 0 aromatic heterocycles. The number of nitrogens with zero attached hydrogens (tertiary/aromatic N) is 1. The topological polar surface area (TPSA) is 24.5 Å². The van der Waals surface area contributed by atoms with Gasteiger partial charge in [0, 0.05) is 19.6 Å². The molecule has 0 atom stereocenters. The lowest BCUT2D eigenvalue weighted by atomic mass is 10.1. The van der Waals surface area contributed by atoms with Crippen molar-refractivity contribution >= 4 is 5.69 Å². The Hall–Kier alpha value is -1.13. The van der Waals surface area contributed by atoms with Crippen LogP contribution < -0.4 is 10.2 Å². The van der Waals surface area contributed by atoms with Crippen LogP contribution in [-0.4, -0.2) is 31.8 Å². The number of morpholine rings is 1. The molecule has 1 aliphatic heterocycles. The van der Waals surface area contributed by atoms with Crippen LogP contribution in [0.25, 0.3) is 0 Å². The number of benzene rings is 1. The van der Waals surface area contributed by atoms with Gasteiger partial charge in [-0.1, -0.05) is 13.0 Å². The van der Waals surface area contributed by atoms with Gasteiger partial charge >= 0.3 is 0 Å². The molecule has 0 unspecified atom stereocenters. The predicted molar refractivity (Wildman–Crippen MR) is 76.0 cm³/mol. The number of nitrogens with one attached hydrogen (secondary N) is 1. The van der Waals surface area contributed by atoms with Gasteiger partial charge in [-0.3, -0.25) is 0 Å². The highest BCUT2D eigenvalue weighted by atomic mass is 19.1. The third-order valence-electron chi connectivity index (χ3n) is 3.36. The average Bonchev–Trinajstić information content (AvgIpc) is 2.35. The van der Waals surface area contributed by atoms with Crippen molar-refractivity contribution < 1.29 is 9.13 Å². The summed E-state index contributed by atoms with van der Waals surface area (Å²) < 4.78 is 19.9. The maximum absolute atomic E-state index is 14.2. The molecule has 4 heteroatoms. The monoisotopic (exact) mass is 266 g/mol. The lowest BCUT2D eigenvalue weighted by Gasteiger charge is -2.39. The lowest BCUT2D eigenvalue weighted by molar-refractivity contribution is -0.0278. The molecular formula is C15H23FN2O. The van der Waals surface area contributed by atoms with E-state index in [2.05, 4.69) is 10.2 Å². The van der Waals surface area contributed by atoms with E-state index in [0.717, 1.165) is 25.2 Å². The summed E-state index contributed by atoms with van der Waals surface area (Å²) in [4.78, 5) is 2.07. The molecule has 0 radical (unpaired) electrons. The van der Waals surface area contributed by atoms with E-state index < -0.39 is 0 Å². The van der Waals surface area contributed by atoms with E-state index in [0.29, 0.717) is 18.8 Å². The number of ether oxygens (including phenoxy) is 1. The molecule has 1 N–H and O–H groups in total. The van der Waals surface area contributed by atoms with Crippen molar-refractivity contribution in [3.63, 3.8) is 0 Å². The summed E-state index contributed by atoms with van der Waals surface area (Å²) in [7, 11) is 0. The molecule has 0 amide bonds. The van der Waals surface area contributed by atoms with Gasteiger partial charge in [-0.15, -0.1) is 0 Å². The summed E-state index contributed by atoms with van der Waals surface area (Å²) >= 11 is 0. The molecule has 0 spiro atoms. The van der Waals surface area contributed by atoms with Crippen LogP contribution in [-0.2, 0) is 11.3 Å². The Morgan fingerprint density at radius 3 is 2.84 bits per heavy atom. The van der Waals surface area contributed by atoms with Crippen LogP contribution in [0.1, 0.15) is 26.3 Å². The molecule has 1 aromatic carbocycles. The zero-order valence-electron chi connectivity index (χ0n) is 12.0. The second-order valence-corrected chi connectivity index (χ2v) is 5.60. The molecule has 1 aromatic rings. The highest BCUT2D eigenvalue weighted by Gasteiger charge is 2.28. The number of hydrogen-bond acceptors (Lipinski definition) is 3. The molecule has 106 valence electrons. The van der Waals surface area contributed by atoms with Crippen molar-refractivity contribution in [2.24, 2.45) is 0 Å². The molecule has 19 heavy (non-hydrogen) atoms. The van der Waals surface area contributed by atoms with Crippen molar-refractivity contribution in [2.45, 2.75) is 32.9 Å². The fourth-order valence-corrected chi connectivity index (χ4v) is 2.41. The van der Waals surface area contributed by atoms with Gasteiger partial charge in [0.15, 0.2) is 0 Å². The fraction of sp³-hybridized carbons (Fsp3) is 0.600. The summed E-state index contributed by atoms with van der Waals surface area (Å²) in [6.45, 7) is 9.83. The quantitative estimate of drug-likeness (QED) is 0.906. The molecule has 0 saturated carbocycles. The van der Waals surface area contributed by atoms with Gasteiger partial charge in [0.25, 0.3) is 0 Å². The molecule has 2 rings (SSSR count). The first-order valence-corrected chi connectivity index (χ1v) is 6.90. The first-order chi connectivity index (χ1) is 9.02. The molecular weight excluding hydrogens is 243 g/mol. The van der Waals surface area contributed by atoms with Crippen LogP contribution >= 0.6 is 0 Å². The first kappa shape index (κ1) is 14.3. The molecule has 1 fully saturated rings. The molecule has 1 heterocycles. The fourth-order valence-electron chi connectivity index (χ4n) is 2.41. The van der Waals surface area contributed by atoms with Crippen LogP contribution in [0, 0.1) is 5.82 Å². The first-order valence-electron chi connectivity index (χ1n) is 6.90. The summed E-state index contributed by atoms with van der Waals surface area (Å²) in [6, 6.07) is 5.49. The van der Waals surface area contributed by atoms with E-state index in [1.54, 1.807) is 6.07 Å². The van der Waals surface area contributed by atoms with Gasteiger partial charge in [-0.25, -0.2) is 4.39 Å². The smallest absolute Gasteiger partial charge is 0.146 e. The van der Waals surface area contributed by atoms with E-state index in [1.807, 2.05) is 32.9 Å². The highest BCUT2D eigenvalue weighted by molar-refractivity contribution is 5.50. The maximum Gasteiger partial charge on any atom is 0.146 e. The normalized spacial score (nSPS) is 18.6. The van der Waals surface area contributed by atoms with Gasteiger partial charge in [0.2, 0.25) is 0 Å². The predicted octanol–water partition coefficient (Wildman–Crippen LogP) is 2.55. The average molecular weight is 266 g/mol. The Labute approximate surface area is 114 Å². The largest absolute Gasteiger partial charge is 0.372 e. The van der Waals surface area contributed by atoms with Crippen LogP contribution in [0.5, 0.6) is 0 Å². The second kappa shape index (κ2) is 5.88. The standard InChI is InChI=1S/C15H23FN2O/c1-4-17-10-12-5-6-14(13(16)9-12)18-7-8-19-15(2,3)11-18/h5-6,9,17H,4,7-8,10-11H2,1-3H3. The third kappa shape index (κ3) is 3.67. The summed E-state index contributed by atoms with van der Waals surface area (Å²) in [5, 5.41) is 3.20. The van der Waals surface area contributed by atoms with Crippen LogP contribution in [0.4, 0.5) is 10.1 Å². The molecule has 0 bridgehead atoms. The molecule has 1 aliphatic rings. The van der Waals surface area contributed by atoms with Gasteiger partial charge in [-0.05, 0) is 38.1 Å². The Bertz CT molecular complexity index is 434. The van der Waals surface area contributed by atoms with Crippen LogP contribution in [0.2, 0.25) is 0 Å². The minimum Gasteiger partial charge on any atom is -0.372 e. The third-order valence-corrected chi connectivity index (χ3v) is 3.36. The summed E-state index contributed by atoms with van der Waals surface area (Å²) in [5.41, 5.74) is 1.44. The van der Waals surface area contributed by atoms with Crippen molar-refractivity contribution in [3.8, 4) is 0 Å². The van der Waals surface area contributed by atoms with E-state index >= 15 is 0 Å². The SMILES string of the molecule is CCNCc1ccc(N2CCOC(C)(C)C2)c(F)c1. The van der Waals surface area contributed by atoms with Crippen molar-refractivity contribution in [1.29, 1.82) is 0 Å². The van der Waals surface area contributed by atoms with Crippen molar-refractivity contribution in [3.05, 3.63) is 29.6 Å². The van der Waals surface area contributed by atoms with Gasteiger partial charge < -0.3 is 15.0 Å². The second-order valence-electron chi connectivity index (χ2n) is 5.60. The molecule has 3 nitrogen and oxygen atoms in total. The Kier molecular flexibility index (Phi) is 4.42. The van der Waals surface area contributed by atoms with E-state index in [9.17, 15) is 4.39 Å². The van der Waals surface area contributed by atoms with Gasteiger partial charge in [0.05, 0.1) is 17.9 Å². The van der Waals surface area contributed by atoms with Crippen LogP contribution in [0.3, 0.4) is 0 Å². The van der Waals surface area contributed by atoms with Crippen LogP contribution in [0.15, 0.2) is 18.2 Å². The number of anilines is 1. The van der Waals surface area contributed by atoms with Crippen molar-refractivity contribution in [1.82, 2.24) is 5.32 Å². The van der Waals surface area contributed by atoms with E-state index in [-0.39, 0.29) is 11.4 Å². The summed E-state index contributed by atoms with van der Waals surface area (Å²) in [6.07, 6.45) is 0. The van der Waals surface area contributed by atoms with E-state index in [1.165, 1.54) is 0 Å². The Balaban J connectivity index is 2.12. The van der Waals surface area contributed by atoms with Crippen molar-refractivity contribution in [2.75, 3.05) is 31.1 Å². The summed E-state index contributed by atoms with van der Waals surface area (Å²) in [5.74, 6) is -0.145. The highest BCUT2D eigenvalue weighted by Crippen LogP contribution is 2.26. The Morgan fingerprint density at radius 1 is 1.42 bits per heavy atom. The molecule has 1 saturated heterocycles. The minimum atomic E-state index is -0.215. The molecule has 0 aliphatic carbocycles. The minimum absolute atomic E-state index is 0.145. The number of hydrogen-bond donors (Lipinski definition) is 1. The van der Waals surface area contributed by atoms with Gasteiger partial charge in [0.1, 0.15) is 5.82 Å².